The number of aromatic nitrogens is 2. The lowest BCUT2D eigenvalue weighted by Crippen LogP contribution is -2.37. The van der Waals surface area contributed by atoms with Gasteiger partial charge in [0.1, 0.15) is 5.75 Å². The molecule has 0 amide bonds. The molecule has 2 heterocycles. The lowest BCUT2D eigenvalue weighted by molar-refractivity contribution is -0.673. The first kappa shape index (κ1) is 33.3. The highest BCUT2D eigenvalue weighted by Gasteiger charge is 2.40. The molecule has 0 fully saturated rings. The van der Waals surface area contributed by atoms with Crippen LogP contribution in [0.15, 0.2) is 48.2 Å². The molecule has 0 saturated carbocycles. The van der Waals surface area contributed by atoms with Crippen molar-refractivity contribution in [3.63, 3.8) is 0 Å². The second-order valence-electron chi connectivity index (χ2n) is 10.9. The predicted octanol–water partition coefficient (Wildman–Crippen LogP) is 5.51. The van der Waals surface area contributed by atoms with Crippen molar-refractivity contribution < 1.29 is 35.2 Å². The van der Waals surface area contributed by atoms with E-state index >= 15 is 0 Å². The Kier molecular flexibility index (Phi) is 9.90. The summed E-state index contributed by atoms with van der Waals surface area (Å²) in [4.78, 5) is 2.05. The molecule has 0 spiro atoms. The van der Waals surface area contributed by atoms with Crippen LogP contribution in [0.1, 0.15) is 45.0 Å². The van der Waals surface area contributed by atoms with E-state index in [1.54, 1.807) is 19.2 Å². The first-order valence-corrected chi connectivity index (χ1v) is 17.7. The lowest BCUT2D eigenvalue weighted by Gasteiger charge is -2.26. The Morgan fingerprint density at radius 1 is 1.00 bits per heavy atom. The molecule has 2 aromatic carbocycles. The molecule has 43 heavy (non-hydrogen) atoms. The summed E-state index contributed by atoms with van der Waals surface area (Å²) in [7, 11) is -6.64. The number of halogens is 2. The molecule has 1 aromatic heterocycles. The number of rotatable bonds is 12. The molecule has 2 N–H and O–H groups in total. The smallest absolute Gasteiger partial charge is 0.282 e. The molecule has 0 aliphatic carbocycles. The first-order chi connectivity index (χ1) is 20.1. The quantitative estimate of drug-likeness (QED) is 0.190. The minimum absolute atomic E-state index is 0.181. The summed E-state index contributed by atoms with van der Waals surface area (Å²) in [6.45, 7) is 7.41. The molecule has 0 unspecified atom stereocenters. The number of nitrogens with zero attached hydrogens (tertiary/aromatic N) is 3. The van der Waals surface area contributed by atoms with Crippen molar-refractivity contribution in [3.05, 3.63) is 69.6 Å². The standard InChI is InChI=1S/C29H35Cl2N3O7S2/c1-5-32-25-18-22(30)23(31)19-26(25)34(14-8-16-43(38,39)40)28(32)10-6-9-27-29(2,3)21-17-20(41-4)11-12-24(21)33(27)13-7-15-42(35,36)37/h6,9-12,17-19H,5,7-8,13-16H2,1-4H3,(H-,35,36,37,38,39,40)/p+1. The highest BCUT2D eigenvalue weighted by Crippen LogP contribution is 2.49. The van der Waals surface area contributed by atoms with Crippen LogP contribution in [0.4, 0.5) is 5.69 Å². The molecule has 1 aliphatic rings. The Labute approximate surface area is 262 Å². The molecule has 3 aromatic rings. The Hall–Kier alpha value is -2.61. The van der Waals surface area contributed by atoms with Crippen LogP contribution in [0.2, 0.25) is 10.0 Å². The van der Waals surface area contributed by atoms with Gasteiger partial charge in [-0.2, -0.15) is 16.8 Å². The van der Waals surface area contributed by atoms with Crippen LogP contribution in [-0.2, 0) is 38.7 Å². The first-order valence-electron chi connectivity index (χ1n) is 13.7. The van der Waals surface area contributed by atoms with E-state index in [9.17, 15) is 25.9 Å². The van der Waals surface area contributed by atoms with E-state index in [1.807, 2.05) is 52.5 Å². The Balaban J connectivity index is 1.80. The fraction of sp³-hybridized carbons (Fsp3) is 0.414. The number of methoxy groups -OCH3 is 1. The van der Waals surface area contributed by atoms with Crippen LogP contribution in [0, 0.1) is 0 Å². The maximum absolute atomic E-state index is 11.4. The number of fused-ring (bicyclic) bond motifs is 2. The number of anilines is 1. The van der Waals surface area contributed by atoms with Crippen molar-refractivity contribution in [1.82, 2.24) is 4.57 Å². The van der Waals surface area contributed by atoms with Crippen molar-refractivity contribution >= 4 is 66.2 Å². The average Bonchev–Trinajstić information content (AvgIpc) is 3.30. The Morgan fingerprint density at radius 2 is 1.65 bits per heavy atom. The van der Waals surface area contributed by atoms with E-state index in [0.29, 0.717) is 35.4 Å². The molecule has 10 nitrogen and oxygen atoms in total. The number of aryl methyl sites for hydroxylation is 2. The monoisotopic (exact) mass is 672 g/mol. The second kappa shape index (κ2) is 12.8. The van der Waals surface area contributed by atoms with Crippen LogP contribution in [0.3, 0.4) is 0 Å². The normalized spacial score (nSPS) is 16.1. The van der Waals surface area contributed by atoms with Gasteiger partial charge in [-0.1, -0.05) is 43.1 Å². The van der Waals surface area contributed by atoms with E-state index in [4.69, 9.17) is 27.9 Å². The van der Waals surface area contributed by atoms with Gasteiger partial charge in [0.25, 0.3) is 26.1 Å². The van der Waals surface area contributed by atoms with Gasteiger partial charge in [-0.15, -0.1) is 0 Å². The summed E-state index contributed by atoms with van der Waals surface area (Å²) in [6, 6.07) is 9.30. The van der Waals surface area contributed by atoms with Gasteiger partial charge in [-0.25, -0.2) is 9.13 Å². The highest BCUT2D eigenvalue weighted by atomic mass is 35.5. The predicted molar refractivity (Wildman–Crippen MR) is 170 cm³/mol. The van der Waals surface area contributed by atoms with Crippen LogP contribution in [-0.4, -0.2) is 55.7 Å². The van der Waals surface area contributed by atoms with Gasteiger partial charge in [-0.05, 0) is 43.2 Å². The zero-order chi connectivity index (χ0) is 31.7. The highest BCUT2D eigenvalue weighted by molar-refractivity contribution is 7.86. The van der Waals surface area contributed by atoms with Gasteiger partial charge in [0.05, 0.1) is 41.8 Å². The van der Waals surface area contributed by atoms with E-state index in [-0.39, 0.29) is 24.3 Å². The fourth-order valence-electron chi connectivity index (χ4n) is 5.66. The molecule has 0 radical (unpaired) electrons. The summed E-state index contributed by atoms with van der Waals surface area (Å²) >= 11 is 12.7. The van der Waals surface area contributed by atoms with Gasteiger partial charge >= 0.3 is 0 Å². The number of ether oxygens (including phenoxy) is 1. The molecule has 14 heteroatoms. The zero-order valence-electron chi connectivity index (χ0n) is 24.4. The van der Waals surface area contributed by atoms with Crippen molar-refractivity contribution in [3.8, 4) is 5.75 Å². The van der Waals surface area contributed by atoms with E-state index in [1.165, 1.54) is 0 Å². The average molecular weight is 674 g/mol. The van der Waals surface area contributed by atoms with Crippen LogP contribution in [0.5, 0.6) is 5.75 Å². The molecular formula is C29H36Cl2N3O7S2+. The van der Waals surface area contributed by atoms with E-state index < -0.39 is 25.7 Å². The largest absolute Gasteiger partial charge is 0.497 e. The molecule has 0 bridgehead atoms. The maximum atomic E-state index is 11.4. The van der Waals surface area contributed by atoms with Gasteiger partial charge < -0.3 is 9.64 Å². The van der Waals surface area contributed by atoms with Crippen molar-refractivity contribution in [2.24, 2.45) is 0 Å². The summed E-state index contributed by atoms with van der Waals surface area (Å²) in [5.74, 6) is 0.735. The van der Waals surface area contributed by atoms with Crippen molar-refractivity contribution in [2.75, 3.05) is 30.1 Å². The van der Waals surface area contributed by atoms with Crippen molar-refractivity contribution in [2.45, 2.75) is 52.1 Å². The van der Waals surface area contributed by atoms with Crippen LogP contribution in [0.25, 0.3) is 17.1 Å². The molecule has 0 atom stereocenters. The summed E-state index contributed by atoms with van der Waals surface area (Å²) in [5.41, 5.74) is 4.00. The number of hydrogen-bond acceptors (Lipinski definition) is 6. The minimum atomic E-state index is -4.13. The van der Waals surface area contributed by atoms with Crippen LogP contribution >= 0.6 is 23.2 Å². The number of benzene rings is 2. The maximum Gasteiger partial charge on any atom is 0.282 e. The summed E-state index contributed by atoms with van der Waals surface area (Å²) in [6.07, 6.45) is 6.20. The number of imidazole rings is 1. The Bertz CT molecular complexity index is 1810. The SMILES string of the molecule is CCn1c(C=CC=C2N(CCCS(=O)(=O)O)c3ccc(OC)cc3C2(C)C)[n+](CCCS(=O)(=O)O)c2cc(Cl)c(Cl)cc21. The third-order valence-corrected chi connectivity index (χ3v) is 9.97. The van der Waals surface area contributed by atoms with Crippen LogP contribution < -0.4 is 14.2 Å². The zero-order valence-corrected chi connectivity index (χ0v) is 27.6. The van der Waals surface area contributed by atoms with Gasteiger partial charge in [-0.3, -0.25) is 9.11 Å². The summed E-state index contributed by atoms with van der Waals surface area (Å²) < 4.78 is 73.8. The van der Waals surface area contributed by atoms with E-state index in [2.05, 4.69) is 18.7 Å². The van der Waals surface area contributed by atoms with Gasteiger partial charge in [0.15, 0.2) is 11.0 Å². The molecule has 234 valence electrons. The lowest BCUT2D eigenvalue weighted by atomic mass is 9.83. The topological polar surface area (TPSA) is 130 Å². The Morgan fingerprint density at radius 3 is 2.28 bits per heavy atom. The molecule has 1 aliphatic heterocycles. The summed E-state index contributed by atoms with van der Waals surface area (Å²) in [5, 5.41) is 0.760. The number of hydrogen-bond donors (Lipinski definition) is 2. The minimum Gasteiger partial charge on any atom is -0.497 e. The number of allylic oxidation sites excluding steroid dienone is 3. The molecule has 4 rings (SSSR count). The van der Waals surface area contributed by atoms with Gasteiger partial charge in [0.2, 0.25) is 0 Å². The molecule has 0 saturated heterocycles. The molecular weight excluding hydrogens is 637 g/mol. The second-order valence-corrected chi connectivity index (χ2v) is 14.8. The van der Waals surface area contributed by atoms with Crippen molar-refractivity contribution in [1.29, 1.82) is 0 Å². The van der Waals surface area contributed by atoms with E-state index in [0.717, 1.165) is 33.8 Å². The third-order valence-electron chi connectivity index (χ3n) is 7.63. The fourth-order valence-corrected chi connectivity index (χ4v) is 6.96. The van der Waals surface area contributed by atoms with Gasteiger partial charge in [0, 0.05) is 48.0 Å². The third kappa shape index (κ3) is 7.38.